The van der Waals surface area contributed by atoms with Crippen molar-refractivity contribution in [3.8, 4) is 17.3 Å². The zero-order valence-corrected chi connectivity index (χ0v) is 22.3. The van der Waals surface area contributed by atoms with E-state index in [2.05, 4.69) is 60.1 Å². The van der Waals surface area contributed by atoms with Gasteiger partial charge >= 0.3 is 0 Å². The molecule has 0 saturated heterocycles. The van der Waals surface area contributed by atoms with Crippen LogP contribution in [-0.2, 0) is 5.41 Å². The lowest BCUT2D eigenvalue weighted by molar-refractivity contribution is 0.483. The maximum Gasteiger partial charge on any atom is 0.141 e. The number of anilines is 1. The molecule has 3 heterocycles. The molecule has 0 radical (unpaired) electrons. The second kappa shape index (κ2) is 9.24. The Labute approximate surface area is 232 Å². The highest BCUT2D eigenvalue weighted by atomic mass is 16.5. The van der Waals surface area contributed by atoms with E-state index >= 15 is 0 Å². The zero-order valence-electron chi connectivity index (χ0n) is 22.3. The summed E-state index contributed by atoms with van der Waals surface area (Å²) >= 11 is 0. The third-order valence-electron chi connectivity index (χ3n) is 7.83. The van der Waals surface area contributed by atoms with Crippen LogP contribution in [0.15, 0.2) is 116 Å². The fourth-order valence-electron chi connectivity index (χ4n) is 5.83. The molecule has 40 heavy (non-hydrogen) atoms. The minimum absolute atomic E-state index is 0.146. The molecule has 5 heteroatoms. The number of fused-ring (bicyclic) bond motifs is 5. The fraction of sp³-hybridized carbons (Fsp3) is 0.0857. The fourth-order valence-corrected chi connectivity index (χ4v) is 5.83. The van der Waals surface area contributed by atoms with Gasteiger partial charge in [0.05, 0.1) is 11.0 Å². The maximum absolute atomic E-state index is 7.81. The van der Waals surface area contributed by atoms with Crippen LogP contribution >= 0.6 is 0 Å². The number of nitrogens with one attached hydrogen (secondary N) is 2. The first-order chi connectivity index (χ1) is 19.5. The second-order valence-electron chi connectivity index (χ2n) is 10.6. The van der Waals surface area contributed by atoms with E-state index in [1.165, 1.54) is 33.6 Å². The van der Waals surface area contributed by atoms with E-state index in [1.54, 1.807) is 0 Å². The van der Waals surface area contributed by atoms with E-state index < -0.39 is 0 Å². The molecule has 0 bridgehead atoms. The number of nitrogens with zero attached hydrogens (tertiary/aromatic N) is 2. The van der Waals surface area contributed by atoms with E-state index in [9.17, 15) is 0 Å². The summed E-state index contributed by atoms with van der Waals surface area (Å²) < 4.78 is 8.67. The van der Waals surface area contributed by atoms with Crippen LogP contribution < -0.4 is 10.1 Å². The molecular formula is C35H28N4O. The summed E-state index contributed by atoms with van der Waals surface area (Å²) in [7, 11) is 0. The molecule has 2 N–H and O–H groups in total. The minimum Gasteiger partial charge on any atom is -0.457 e. The summed E-state index contributed by atoms with van der Waals surface area (Å²) in [6, 6.07) is 34.8. The SMILES string of the molecule is CC1(C)c2cccnc2-n2c3cc(Oc4cccc(N/C=C(\C=N)c5ccccc5)c4)ccc3c3cccc1c32. The van der Waals surface area contributed by atoms with Crippen molar-refractivity contribution in [3.05, 3.63) is 132 Å². The summed E-state index contributed by atoms with van der Waals surface area (Å²) in [5, 5.41) is 13.5. The largest absolute Gasteiger partial charge is 0.457 e. The highest BCUT2D eigenvalue weighted by molar-refractivity contribution is 6.11. The molecule has 7 rings (SSSR count). The van der Waals surface area contributed by atoms with Crippen molar-refractivity contribution in [2.24, 2.45) is 0 Å². The highest BCUT2D eigenvalue weighted by Crippen LogP contribution is 2.47. The maximum atomic E-state index is 7.81. The average Bonchev–Trinajstić information content (AvgIpc) is 3.31. The van der Waals surface area contributed by atoms with Crippen molar-refractivity contribution in [2.75, 3.05) is 5.32 Å². The Hall–Kier alpha value is -5.16. The quantitative estimate of drug-likeness (QED) is 0.216. The van der Waals surface area contributed by atoms with Gasteiger partial charge in [-0.2, -0.15) is 0 Å². The number of hydrogen-bond donors (Lipinski definition) is 2. The molecule has 0 spiro atoms. The molecule has 0 atom stereocenters. The summed E-state index contributed by atoms with van der Waals surface area (Å²) in [6.07, 6.45) is 5.06. The molecule has 0 amide bonds. The molecule has 5 nitrogen and oxygen atoms in total. The van der Waals surface area contributed by atoms with Gasteiger partial charge in [0.25, 0.3) is 0 Å². The van der Waals surface area contributed by atoms with E-state index in [0.717, 1.165) is 39.7 Å². The van der Waals surface area contributed by atoms with Gasteiger partial charge in [-0.3, -0.25) is 4.57 Å². The van der Waals surface area contributed by atoms with Crippen LogP contribution in [-0.4, -0.2) is 15.8 Å². The molecule has 0 saturated carbocycles. The molecule has 2 aromatic heterocycles. The first kappa shape index (κ1) is 23.9. The van der Waals surface area contributed by atoms with Crippen LogP contribution in [0.4, 0.5) is 5.69 Å². The highest BCUT2D eigenvalue weighted by Gasteiger charge is 2.35. The molecule has 0 unspecified atom stereocenters. The Balaban J connectivity index is 1.26. The molecule has 0 fully saturated rings. The third kappa shape index (κ3) is 3.78. The van der Waals surface area contributed by atoms with Gasteiger partial charge in [0.1, 0.15) is 17.3 Å². The van der Waals surface area contributed by atoms with Crippen molar-refractivity contribution in [3.63, 3.8) is 0 Å². The molecule has 0 aliphatic carbocycles. The summed E-state index contributed by atoms with van der Waals surface area (Å²) in [6.45, 7) is 4.55. The summed E-state index contributed by atoms with van der Waals surface area (Å²) in [4.78, 5) is 4.84. The third-order valence-corrected chi connectivity index (χ3v) is 7.83. The second-order valence-corrected chi connectivity index (χ2v) is 10.6. The molecule has 4 aromatic carbocycles. The lowest BCUT2D eigenvalue weighted by atomic mass is 9.76. The van der Waals surface area contributed by atoms with Crippen molar-refractivity contribution in [1.82, 2.24) is 9.55 Å². The minimum atomic E-state index is -0.146. The van der Waals surface area contributed by atoms with Gasteiger partial charge in [-0.05, 0) is 41.5 Å². The lowest BCUT2D eigenvalue weighted by Crippen LogP contribution is -2.26. The Kier molecular flexibility index (Phi) is 5.53. The van der Waals surface area contributed by atoms with E-state index in [1.807, 2.05) is 79.1 Å². The molecule has 1 aliphatic rings. The van der Waals surface area contributed by atoms with Crippen LogP contribution in [0.3, 0.4) is 0 Å². The zero-order chi connectivity index (χ0) is 27.3. The summed E-state index contributed by atoms with van der Waals surface area (Å²) in [5.74, 6) is 2.46. The van der Waals surface area contributed by atoms with Gasteiger partial charge in [-0.1, -0.05) is 74.5 Å². The van der Waals surface area contributed by atoms with Gasteiger partial charge in [-0.25, -0.2) is 4.98 Å². The molecular weight excluding hydrogens is 492 g/mol. The first-order valence-corrected chi connectivity index (χ1v) is 13.4. The molecule has 1 aliphatic heterocycles. The monoisotopic (exact) mass is 520 g/mol. The van der Waals surface area contributed by atoms with Crippen LogP contribution in [0, 0.1) is 5.41 Å². The van der Waals surface area contributed by atoms with E-state index in [0.29, 0.717) is 0 Å². The van der Waals surface area contributed by atoms with Crippen molar-refractivity contribution >= 4 is 39.3 Å². The van der Waals surface area contributed by atoms with Crippen LogP contribution in [0.5, 0.6) is 11.5 Å². The Bertz CT molecular complexity index is 1950. The number of benzene rings is 4. The van der Waals surface area contributed by atoms with Crippen LogP contribution in [0.1, 0.15) is 30.5 Å². The van der Waals surface area contributed by atoms with Crippen molar-refractivity contribution in [2.45, 2.75) is 19.3 Å². The topological polar surface area (TPSA) is 62.9 Å². The molecule has 6 aromatic rings. The van der Waals surface area contributed by atoms with Crippen LogP contribution in [0.25, 0.3) is 33.2 Å². The Morgan fingerprint density at radius 2 is 1.62 bits per heavy atom. The predicted octanol–water partition coefficient (Wildman–Crippen LogP) is 8.71. The number of allylic oxidation sites excluding steroid dienone is 1. The van der Waals surface area contributed by atoms with Gasteiger partial charge < -0.3 is 15.5 Å². The number of ether oxygens (including phenoxy) is 1. The number of rotatable bonds is 6. The van der Waals surface area contributed by atoms with Crippen molar-refractivity contribution in [1.29, 1.82) is 5.41 Å². The van der Waals surface area contributed by atoms with Gasteiger partial charge in [-0.15, -0.1) is 0 Å². The predicted molar refractivity (Wildman–Crippen MR) is 164 cm³/mol. The Morgan fingerprint density at radius 1 is 0.825 bits per heavy atom. The van der Waals surface area contributed by atoms with Gasteiger partial charge in [0.2, 0.25) is 0 Å². The van der Waals surface area contributed by atoms with Crippen LogP contribution in [0.2, 0.25) is 0 Å². The van der Waals surface area contributed by atoms with Crippen molar-refractivity contribution < 1.29 is 4.74 Å². The number of hydrogen-bond acceptors (Lipinski definition) is 4. The van der Waals surface area contributed by atoms with E-state index in [4.69, 9.17) is 15.1 Å². The summed E-state index contributed by atoms with van der Waals surface area (Å²) in [5.41, 5.74) is 7.31. The molecule has 194 valence electrons. The van der Waals surface area contributed by atoms with E-state index in [-0.39, 0.29) is 5.41 Å². The normalized spacial score (nSPS) is 13.7. The number of pyridine rings is 1. The average molecular weight is 521 g/mol. The number of para-hydroxylation sites is 1. The standard InChI is InChI=1S/C35H28N4O/c1-35(2)30-14-7-13-29-28-17-16-27(20-32(28)39(33(29)30)34-31(35)15-8-18-37-34)40-26-12-6-11-25(19-26)38-22-24(21-36)23-9-4-3-5-10-23/h3-22,36,38H,1-2H3/b24-22+,36-21?. The smallest absolute Gasteiger partial charge is 0.141 e. The Morgan fingerprint density at radius 3 is 2.48 bits per heavy atom. The van der Waals surface area contributed by atoms with Gasteiger partial charge in [0, 0.05) is 63.8 Å². The lowest BCUT2D eigenvalue weighted by Gasteiger charge is -2.33. The number of aromatic nitrogens is 2. The van der Waals surface area contributed by atoms with Gasteiger partial charge in [0.15, 0.2) is 0 Å². The first-order valence-electron chi connectivity index (χ1n) is 13.4.